The van der Waals surface area contributed by atoms with E-state index in [1.165, 1.54) is 13.2 Å². The van der Waals surface area contributed by atoms with Gasteiger partial charge in [0.2, 0.25) is 6.54 Å². The Hall–Kier alpha value is -3.41. The van der Waals surface area contributed by atoms with Crippen molar-refractivity contribution in [1.29, 1.82) is 0 Å². The number of benzene rings is 1. The van der Waals surface area contributed by atoms with Gasteiger partial charge in [-0.3, -0.25) is 0 Å². The topological polar surface area (TPSA) is 60.9 Å². The van der Waals surface area contributed by atoms with Crippen LogP contribution in [0.3, 0.4) is 0 Å². The standard InChI is InChI=1S/C19H17N2O4/c1-24-18(22)9-8-15-5-2-3-7-17(15)25-19(23)14-20-11-12-21-10-4-6-16(21)13-20/h2-13H,14H2,1H3/q+1/b9-8+. The predicted molar refractivity (Wildman–Crippen MR) is 90.7 cm³/mol. The van der Waals surface area contributed by atoms with Crippen molar-refractivity contribution < 1.29 is 23.6 Å². The molecular formula is C19H17N2O4+. The van der Waals surface area contributed by atoms with Gasteiger partial charge in [0.15, 0.2) is 12.4 Å². The van der Waals surface area contributed by atoms with Gasteiger partial charge in [-0.25, -0.2) is 9.59 Å². The lowest BCUT2D eigenvalue weighted by Crippen LogP contribution is -2.39. The van der Waals surface area contributed by atoms with E-state index in [1.807, 2.05) is 35.1 Å². The second kappa shape index (κ2) is 7.44. The highest BCUT2D eigenvalue weighted by Gasteiger charge is 2.14. The third kappa shape index (κ3) is 4.11. The van der Waals surface area contributed by atoms with Crippen molar-refractivity contribution in [1.82, 2.24) is 4.40 Å². The molecule has 0 fully saturated rings. The van der Waals surface area contributed by atoms with Crippen molar-refractivity contribution in [3.8, 4) is 5.75 Å². The first-order valence-electron chi connectivity index (χ1n) is 7.67. The molecule has 3 aromatic rings. The first-order chi connectivity index (χ1) is 12.2. The smallest absolute Gasteiger partial charge is 0.378 e. The van der Waals surface area contributed by atoms with Gasteiger partial charge >= 0.3 is 11.9 Å². The molecule has 0 unspecified atom stereocenters. The largest absolute Gasteiger partial charge is 0.466 e. The number of aromatic nitrogens is 2. The maximum absolute atomic E-state index is 12.2. The fourth-order valence-corrected chi connectivity index (χ4v) is 2.36. The molecule has 0 aliphatic rings. The van der Waals surface area contributed by atoms with Crippen molar-refractivity contribution in [2.45, 2.75) is 6.54 Å². The molecule has 0 bridgehead atoms. The number of esters is 2. The molecule has 2 heterocycles. The molecule has 0 saturated carbocycles. The number of ether oxygens (including phenoxy) is 2. The van der Waals surface area contributed by atoms with Crippen molar-refractivity contribution >= 4 is 23.5 Å². The Morgan fingerprint density at radius 1 is 1.16 bits per heavy atom. The van der Waals surface area contributed by atoms with Crippen molar-refractivity contribution in [2.24, 2.45) is 0 Å². The van der Waals surface area contributed by atoms with E-state index in [-0.39, 0.29) is 6.54 Å². The average molecular weight is 337 g/mol. The number of carbonyl (C=O) groups excluding carboxylic acids is 2. The van der Waals surface area contributed by atoms with Crippen LogP contribution in [0.2, 0.25) is 0 Å². The van der Waals surface area contributed by atoms with Crippen LogP contribution in [-0.4, -0.2) is 23.4 Å². The highest BCUT2D eigenvalue weighted by molar-refractivity contribution is 5.87. The van der Waals surface area contributed by atoms with E-state index in [9.17, 15) is 9.59 Å². The molecule has 0 amide bonds. The molecule has 3 rings (SSSR count). The Kier molecular flexibility index (Phi) is 4.89. The molecule has 0 radical (unpaired) electrons. The van der Waals surface area contributed by atoms with Crippen LogP contribution < -0.4 is 9.30 Å². The molecule has 2 aromatic heterocycles. The van der Waals surface area contributed by atoms with Crippen molar-refractivity contribution in [2.75, 3.05) is 7.11 Å². The molecule has 0 spiro atoms. The summed E-state index contributed by atoms with van der Waals surface area (Å²) in [4.78, 5) is 23.5. The van der Waals surface area contributed by atoms with E-state index >= 15 is 0 Å². The second-order valence-corrected chi connectivity index (χ2v) is 5.31. The van der Waals surface area contributed by atoms with Crippen LogP contribution in [0.1, 0.15) is 5.56 Å². The van der Waals surface area contributed by atoms with Crippen LogP contribution in [0.25, 0.3) is 11.6 Å². The first kappa shape index (κ1) is 16.4. The van der Waals surface area contributed by atoms with Gasteiger partial charge in [-0.1, -0.05) is 18.2 Å². The fraction of sp³-hybridized carbons (Fsp3) is 0.105. The molecule has 1 aromatic carbocycles. The number of rotatable bonds is 5. The zero-order valence-electron chi connectivity index (χ0n) is 13.7. The second-order valence-electron chi connectivity index (χ2n) is 5.31. The summed E-state index contributed by atoms with van der Waals surface area (Å²) >= 11 is 0. The van der Waals surface area contributed by atoms with Crippen LogP contribution in [0.5, 0.6) is 5.75 Å². The summed E-state index contributed by atoms with van der Waals surface area (Å²) in [6, 6.07) is 10.9. The Balaban J connectivity index is 1.72. The van der Waals surface area contributed by atoms with Crippen LogP contribution in [-0.2, 0) is 20.9 Å². The van der Waals surface area contributed by atoms with E-state index in [0.717, 1.165) is 5.52 Å². The Labute approximate surface area is 144 Å². The molecule has 0 saturated heterocycles. The average Bonchev–Trinajstić information content (AvgIpc) is 3.08. The lowest BCUT2D eigenvalue weighted by molar-refractivity contribution is -0.684. The summed E-state index contributed by atoms with van der Waals surface area (Å²) in [5.74, 6) is -0.492. The highest BCUT2D eigenvalue weighted by Crippen LogP contribution is 2.19. The lowest BCUT2D eigenvalue weighted by Gasteiger charge is -2.06. The van der Waals surface area contributed by atoms with Crippen LogP contribution in [0, 0.1) is 0 Å². The van der Waals surface area contributed by atoms with E-state index < -0.39 is 11.9 Å². The number of hydrogen-bond donors (Lipinski definition) is 0. The molecule has 0 N–H and O–H groups in total. The number of carbonyl (C=O) groups is 2. The van der Waals surface area contributed by atoms with Crippen molar-refractivity contribution in [3.05, 3.63) is 72.8 Å². The molecule has 25 heavy (non-hydrogen) atoms. The highest BCUT2D eigenvalue weighted by atomic mass is 16.5. The first-order valence-corrected chi connectivity index (χ1v) is 7.67. The van der Waals surface area contributed by atoms with E-state index in [0.29, 0.717) is 11.3 Å². The number of nitrogens with zero attached hydrogens (tertiary/aromatic N) is 2. The van der Waals surface area contributed by atoms with Crippen molar-refractivity contribution in [3.63, 3.8) is 0 Å². The molecule has 0 atom stereocenters. The molecule has 6 nitrogen and oxygen atoms in total. The van der Waals surface area contributed by atoms with Gasteiger partial charge < -0.3 is 13.9 Å². The fourth-order valence-electron chi connectivity index (χ4n) is 2.36. The zero-order chi connectivity index (χ0) is 17.6. The molecule has 126 valence electrons. The predicted octanol–water partition coefficient (Wildman–Crippen LogP) is 2.02. The zero-order valence-corrected chi connectivity index (χ0v) is 13.7. The Bertz CT molecular complexity index is 943. The van der Waals surface area contributed by atoms with Gasteiger partial charge in [0.05, 0.1) is 13.3 Å². The van der Waals surface area contributed by atoms with Gasteiger partial charge in [-0.15, -0.1) is 0 Å². The summed E-state index contributed by atoms with van der Waals surface area (Å²) < 4.78 is 13.7. The summed E-state index contributed by atoms with van der Waals surface area (Å²) in [7, 11) is 1.30. The van der Waals surface area contributed by atoms with E-state index in [1.54, 1.807) is 41.1 Å². The van der Waals surface area contributed by atoms with E-state index in [4.69, 9.17) is 4.74 Å². The molecular weight excluding hydrogens is 320 g/mol. The Morgan fingerprint density at radius 3 is 2.84 bits per heavy atom. The number of hydrogen-bond acceptors (Lipinski definition) is 4. The molecule has 0 aliphatic heterocycles. The summed E-state index contributed by atoms with van der Waals surface area (Å²) in [6.07, 6.45) is 10.3. The monoisotopic (exact) mass is 337 g/mol. The third-order valence-corrected chi connectivity index (χ3v) is 3.58. The Morgan fingerprint density at radius 2 is 2.00 bits per heavy atom. The summed E-state index contributed by atoms with van der Waals surface area (Å²) in [5, 5.41) is 0. The normalized spacial score (nSPS) is 10.9. The van der Waals surface area contributed by atoms with Gasteiger partial charge in [-0.2, -0.15) is 4.57 Å². The summed E-state index contributed by atoms with van der Waals surface area (Å²) in [6.45, 7) is 0.0801. The SMILES string of the molecule is COC(=O)/C=C/c1ccccc1OC(=O)C[n+]1ccn2cccc2c1. The van der Waals surface area contributed by atoms with Gasteiger partial charge in [0.1, 0.15) is 11.3 Å². The minimum Gasteiger partial charge on any atom is -0.466 e. The minimum absolute atomic E-state index is 0.0801. The van der Waals surface area contributed by atoms with E-state index in [2.05, 4.69) is 4.74 Å². The van der Waals surface area contributed by atoms with Gasteiger partial charge in [0, 0.05) is 17.8 Å². The molecule has 0 aliphatic carbocycles. The maximum atomic E-state index is 12.2. The van der Waals surface area contributed by atoms with Crippen LogP contribution in [0.4, 0.5) is 0 Å². The number of fused-ring (bicyclic) bond motifs is 1. The maximum Gasteiger partial charge on any atom is 0.378 e. The number of methoxy groups -OCH3 is 1. The minimum atomic E-state index is -0.475. The van der Waals surface area contributed by atoms with Gasteiger partial charge in [0.25, 0.3) is 0 Å². The lowest BCUT2D eigenvalue weighted by atomic mass is 10.2. The third-order valence-electron chi connectivity index (χ3n) is 3.58. The quantitative estimate of drug-likeness (QED) is 0.309. The van der Waals surface area contributed by atoms with Gasteiger partial charge in [-0.05, 0) is 24.3 Å². The number of para-hydroxylation sites is 1. The summed E-state index contributed by atoms with van der Waals surface area (Å²) in [5.41, 5.74) is 1.60. The van der Waals surface area contributed by atoms with Crippen LogP contribution in [0.15, 0.2) is 67.3 Å². The molecule has 6 heteroatoms. The van der Waals surface area contributed by atoms with Crippen LogP contribution >= 0.6 is 0 Å².